The second-order valence-electron chi connectivity index (χ2n) is 4.98. The van der Waals surface area contributed by atoms with E-state index in [1.807, 2.05) is 26.0 Å². The van der Waals surface area contributed by atoms with Gasteiger partial charge >= 0.3 is 0 Å². The molecule has 19 heavy (non-hydrogen) atoms. The van der Waals surface area contributed by atoms with Gasteiger partial charge in [-0.05, 0) is 50.1 Å². The maximum Gasteiger partial charge on any atom is 0.120 e. The molecule has 0 aliphatic carbocycles. The minimum atomic E-state index is 0.211. The van der Waals surface area contributed by atoms with E-state index in [0.717, 1.165) is 18.0 Å². The Bertz CT molecular complexity index is 520. The van der Waals surface area contributed by atoms with Crippen molar-refractivity contribution in [3.63, 3.8) is 0 Å². The van der Waals surface area contributed by atoms with Crippen molar-refractivity contribution in [2.24, 2.45) is 0 Å². The third-order valence-electron chi connectivity index (χ3n) is 2.90. The number of anilines is 1. The highest BCUT2D eigenvalue weighted by molar-refractivity contribution is 5.53. The summed E-state index contributed by atoms with van der Waals surface area (Å²) in [6.07, 6.45) is 0.211. The van der Waals surface area contributed by atoms with Gasteiger partial charge in [0.2, 0.25) is 0 Å². The number of ether oxygens (including phenoxy) is 1. The largest absolute Gasteiger partial charge is 0.491 e. The van der Waals surface area contributed by atoms with Crippen molar-refractivity contribution < 1.29 is 4.74 Å². The van der Waals surface area contributed by atoms with Crippen LogP contribution in [0.2, 0.25) is 0 Å². The van der Waals surface area contributed by atoms with Gasteiger partial charge in [0.15, 0.2) is 0 Å². The van der Waals surface area contributed by atoms with E-state index in [-0.39, 0.29) is 6.10 Å². The molecule has 0 fully saturated rings. The summed E-state index contributed by atoms with van der Waals surface area (Å²) in [7, 11) is 0. The Morgan fingerprint density at radius 3 is 2.42 bits per heavy atom. The zero-order valence-corrected chi connectivity index (χ0v) is 11.8. The van der Waals surface area contributed by atoms with E-state index >= 15 is 0 Å². The van der Waals surface area contributed by atoms with Crippen LogP contribution < -0.4 is 10.1 Å². The molecule has 100 valence electrons. The van der Waals surface area contributed by atoms with Crippen LogP contribution in [-0.2, 0) is 6.54 Å². The maximum atomic E-state index is 5.69. The first kappa shape index (κ1) is 13.5. The Hall–Kier alpha value is -1.96. The normalized spacial score (nSPS) is 10.5. The second-order valence-corrected chi connectivity index (χ2v) is 4.98. The van der Waals surface area contributed by atoms with E-state index in [1.54, 1.807) is 0 Å². The predicted molar refractivity (Wildman–Crippen MR) is 80.7 cm³/mol. The third kappa shape index (κ3) is 4.02. The van der Waals surface area contributed by atoms with Crippen LogP contribution in [0.15, 0.2) is 48.5 Å². The van der Waals surface area contributed by atoms with E-state index in [1.165, 1.54) is 11.1 Å². The van der Waals surface area contributed by atoms with Crippen LogP contribution in [0.5, 0.6) is 5.75 Å². The summed E-state index contributed by atoms with van der Waals surface area (Å²) >= 11 is 0. The minimum absolute atomic E-state index is 0.211. The third-order valence-corrected chi connectivity index (χ3v) is 2.90. The standard InChI is InChI=1S/C17H21NO/c1-13(2)19-16-9-10-17(14(3)11-16)18-12-15-7-5-4-6-8-15/h4-11,13,18H,12H2,1-3H3. The summed E-state index contributed by atoms with van der Waals surface area (Å²) < 4.78 is 5.69. The molecule has 2 rings (SSSR count). The molecule has 2 nitrogen and oxygen atoms in total. The van der Waals surface area contributed by atoms with Gasteiger partial charge < -0.3 is 10.1 Å². The van der Waals surface area contributed by atoms with E-state index in [9.17, 15) is 0 Å². The van der Waals surface area contributed by atoms with Crippen molar-refractivity contribution in [2.45, 2.75) is 33.4 Å². The van der Waals surface area contributed by atoms with Gasteiger partial charge in [-0.3, -0.25) is 0 Å². The molecule has 2 aromatic carbocycles. The number of hydrogen-bond acceptors (Lipinski definition) is 2. The highest BCUT2D eigenvalue weighted by Crippen LogP contribution is 2.22. The molecule has 0 heterocycles. The Morgan fingerprint density at radius 2 is 1.79 bits per heavy atom. The maximum absolute atomic E-state index is 5.69. The second kappa shape index (κ2) is 6.28. The highest BCUT2D eigenvalue weighted by atomic mass is 16.5. The first-order valence-corrected chi connectivity index (χ1v) is 6.70. The van der Waals surface area contributed by atoms with Crippen molar-refractivity contribution in [3.05, 3.63) is 59.7 Å². The molecule has 2 heteroatoms. The molecule has 0 saturated carbocycles. The first-order chi connectivity index (χ1) is 9.15. The summed E-state index contributed by atoms with van der Waals surface area (Å²) in [5.41, 5.74) is 3.64. The SMILES string of the molecule is Cc1cc(OC(C)C)ccc1NCc1ccccc1. The molecule has 0 atom stereocenters. The average Bonchev–Trinajstić information content (AvgIpc) is 2.38. The van der Waals surface area contributed by atoms with Gasteiger partial charge in [-0.15, -0.1) is 0 Å². The summed E-state index contributed by atoms with van der Waals surface area (Å²) in [6, 6.07) is 16.6. The van der Waals surface area contributed by atoms with Gasteiger partial charge in [0, 0.05) is 12.2 Å². The summed E-state index contributed by atoms with van der Waals surface area (Å²) in [6.45, 7) is 7.01. The lowest BCUT2D eigenvalue weighted by atomic mass is 10.1. The zero-order chi connectivity index (χ0) is 13.7. The van der Waals surface area contributed by atoms with Gasteiger partial charge in [-0.2, -0.15) is 0 Å². The van der Waals surface area contributed by atoms with Crippen LogP contribution in [0.4, 0.5) is 5.69 Å². The Labute approximate surface area is 115 Å². The smallest absolute Gasteiger partial charge is 0.120 e. The Kier molecular flexibility index (Phi) is 4.45. The molecule has 0 amide bonds. The highest BCUT2D eigenvalue weighted by Gasteiger charge is 2.02. The molecule has 2 aromatic rings. The topological polar surface area (TPSA) is 21.3 Å². The molecule has 0 aromatic heterocycles. The van der Waals surface area contributed by atoms with E-state index in [0.29, 0.717) is 0 Å². The van der Waals surface area contributed by atoms with Crippen molar-refractivity contribution in [2.75, 3.05) is 5.32 Å². The number of hydrogen-bond donors (Lipinski definition) is 1. The predicted octanol–water partition coefficient (Wildman–Crippen LogP) is 4.39. The Balaban J connectivity index is 2.01. The number of nitrogens with one attached hydrogen (secondary N) is 1. The van der Waals surface area contributed by atoms with Crippen LogP contribution in [0.3, 0.4) is 0 Å². The Morgan fingerprint density at radius 1 is 1.05 bits per heavy atom. The molecule has 0 radical (unpaired) electrons. The van der Waals surface area contributed by atoms with E-state index in [2.05, 4.69) is 48.6 Å². The molecule has 0 unspecified atom stereocenters. The fourth-order valence-electron chi connectivity index (χ4n) is 1.97. The van der Waals surface area contributed by atoms with E-state index < -0.39 is 0 Å². The van der Waals surface area contributed by atoms with Crippen LogP contribution in [0.25, 0.3) is 0 Å². The summed E-state index contributed by atoms with van der Waals surface area (Å²) in [5, 5.41) is 3.45. The van der Waals surface area contributed by atoms with Gasteiger partial charge in [-0.25, -0.2) is 0 Å². The molecule has 0 aliphatic rings. The van der Waals surface area contributed by atoms with E-state index in [4.69, 9.17) is 4.74 Å². The van der Waals surface area contributed by atoms with Gasteiger partial charge in [0.05, 0.1) is 6.10 Å². The monoisotopic (exact) mass is 255 g/mol. The van der Waals surface area contributed by atoms with Crippen molar-refractivity contribution in [1.82, 2.24) is 0 Å². The zero-order valence-electron chi connectivity index (χ0n) is 11.8. The van der Waals surface area contributed by atoms with Gasteiger partial charge in [-0.1, -0.05) is 30.3 Å². The average molecular weight is 255 g/mol. The van der Waals surface area contributed by atoms with Gasteiger partial charge in [0.25, 0.3) is 0 Å². The lowest BCUT2D eigenvalue weighted by Gasteiger charge is -2.14. The molecular formula is C17H21NO. The summed E-state index contributed by atoms with van der Waals surface area (Å²) in [4.78, 5) is 0. The fourth-order valence-corrected chi connectivity index (χ4v) is 1.97. The number of rotatable bonds is 5. The lowest BCUT2D eigenvalue weighted by molar-refractivity contribution is 0.242. The number of benzene rings is 2. The molecular weight excluding hydrogens is 234 g/mol. The lowest BCUT2D eigenvalue weighted by Crippen LogP contribution is -2.06. The number of aryl methyl sites for hydroxylation is 1. The molecule has 0 spiro atoms. The van der Waals surface area contributed by atoms with Crippen LogP contribution in [-0.4, -0.2) is 6.10 Å². The molecule has 1 N–H and O–H groups in total. The molecule has 0 aliphatic heterocycles. The van der Waals surface area contributed by atoms with Crippen LogP contribution in [0, 0.1) is 6.92 Å². The van der Waals surface area contributed by atoms with Crippen molar-refractivity contribution in [3.8, 4) is 5.75 Å². The van der Waals surface area contributed by atoms with Gasteiger partial charge in [0.1, 0.15) is 5.75 Å². The van der Waals surface area contributed by atoms with Crippen LogP contribution in [0.1, 0.15) is 25.0 Å². The van der Waals surface area contributed by atoms with Crippen LogP contribution >= 0.6 is 0 Å². The quantitative estimate of drug-likeness (QED) is 0.855. The van der Waals surface area contributed by atoms with Crippen molar-refractivity contribution >= 4 is 5.69 Å². The first-order valence-electron chi connectivity index (χ1n) is 6.70. The summed E-state index contributed by atoms with van der Waals surface area (Å²) in [5.74, 6) is 0.928. The van der Waals surface area contributed by atoms with Crippen molar-refractivity contribution in [1.29, 1.82) is 0 Å². The molecule has 0 saturated heterocycles. The fraction of sp³-hybridized carbons (Fsp3) is 0.294. The molecule has 0 bridgehead atoms. The minimum Gasteiger partial charge on any atom is -0.491 e.